The van der Waals surface area contributed by atoms with Gasteiger partial charge in [0.1, 0.15) is 5.75 Å². The number of ether oxygens (including phenoxy) is 1. The maximum absolute atomic E-state index is 13.0. The molecule has 3 rings (SSSR count). The Morgan fingerprint density at radius 2 is 1.72 bits per heavy atom. The minimum Gasteiger partial charge on any atom is -0.490 e. The zero-order valence-electron chi connectivity index (χ0n) is 17.3. The molecule has 1 atom stereocenters. The van der Waals surface area contributed by atoms with Gasteiger partial charge in [-0.3, -0.25) is 4.79 Å². The van der Waals surface area contributed by atoms with E-state index in [4.69, 9.17) is 9.84 Å². The number of carboxylic acid groups (broad SMARTS) is 1. The molecule has 29 heavy (non-hydrogen) atoms. The molecule has 1 amide bonds. The van der Waals surface area contributed by atoms with Gasteiger partial charge >= 0.3 is 5.97 Å². The summed E-state index contributed by atoms with van der Waals surface area (Å²) in [6, 6.07) is 12.0. The summed E-state index contributed by atoms with van der Waals surface area (Å²) >= 11 is 0. The maximum atomic E-state index is 13.0. The van der Waals surface area contributed by atoms with Gasteiger partial charge in [0.2, 0.25) is 0 Å². The molecule has 0 spiro atoms. The normalized spacial score (nSPS) is 20.0. The van der Waals surface area contributed by atoms with Gasteiger partial charge in [-0.15, -0.1) is 0 Å². The predicted octanol–water partition coefficient (Wildman–Crippen LogP) is 5.14. The van der Waals surface area contributed by atoms with Gasteiger partial charge in [0.05, 0.1) is 23.3 Å². The summed E-state index contributed by atoms with van der Waals surface area (Å²) < 4.78 is 6.21. The zero-order valence-corrected chi connectivity index (χ0v) is 17.3. The number of aromatic carboxylic acids is 1. The molecule has 1 unspecified atom stereocenters. The Bertz CT molecular complexity index is 867. The summed E-state index contributed by atoms with van der Waals surface area (Å²) in [5.41, 5.74) is 2.61. The first-order valence-electron chi connectivity index (χ1n) is 10.2. The predicted molar refractivity (Wildman–Crippen MR) is 113 cm³/mol. The molecule has 0 aromatic heterocycles. The molecule has 5 nitrogen and oxygen atoms in total. The lowest BCUT2D eigenvalue weighted by Gasteiger charge is -2.27. The third-order valence-corrected chi connectivity index (χ3v) is 5.64. The van der Waals surface area contributed by atoms with Crippen LogP contribution in [0.4, 0.5) is 0 Å². The van der Waals surface area contributed by atoms with Crippen molar-refractivity contribution in [2.24, 2.45) is 5.92 Å². The van der Waals surface area contributed by atoms with Crippen molar-refractivity contribution in [3.8, 4) is 5.75 Å². The molecule has 0 aliphatic heterocycles. The lowest BCUT2D eigenvalue weighted by atomic mass is 9.89. The van der Waals surface area contributed by atoms with Crippen LogP contribution in [0.2, 0.25) is 0 Å². The summed E-state index contributed by atoms with van der Waals surface area (Å²) in [6.45, 7) is 6.11. The minimum absolute atomic E-state index is 0.154. The van der Waals surface area contributed by atoms with Gasteiger partial charge in [-0.1, -0.05) is 30.7 Å². The minimum atomic E-state index is -0.966. The number of aryl methyl sites for hydroxylation is 1. The van der Waals surface area contributed by atoms with Crippen LogP contribution >= 0.6 is 0 Å². The highest BCUT2D eigenvalue weighted by Gasteiger charge is 2.22. The number of amides is 1. The first-order chi connectivity index (χ1) is 13.8. The molecule has 0 bridgehead atoms. The molecule has 0 radical (unpaired) electrons. The van der Waals surface area contributed by atoms with Gasteiger partial charge in [0, 0.05) is 0 Å². The summed E-state index contributed by atoms with van der Waals surface area (Å²) in [5, 5.41) is 12.0. The van der Waals surface area contributed by atoms with Crippen LogP contribution in [0.3, 0.4) is 0 Å². The second kappa shape index (κ2) is 9.12. The second-order valence-corrected chi connectivity index (χ2v) is 8.12. The molecule has 2 aromatic carbocycles. The van der Waals surface area contributed by atoms with E-state index < -0.39 is 5.97 Å². The Balaban J connectivity index is 1.72. The monoisotopic (exact) mass is 395 g/mol. The van der Waals surface area contributed by atoms with E-state index >= 15 is 0 Å². The standard InChI is InChI=1S/C24H29NO4/c1-15-4-11-20(12-5-15)29-22-13-6-16(2)14-21(22)23(26)25-17(3)18-7-9-19(10-8-18)24(27)28/h6-10,13-15,17,20H,4-5,11-12H2,1-3H3,(H,25,26)(H,27,28). The fraction of sp³-hybridized carbons (Fsp3) is 0.417. The highest BCUT2D eigenvalue weighted by atomic mass is 16.5. The van der Waals surface area contributed by atoms with Crippen molar-refractivity contribution >= 4 is 11.9 Å². The number of carboxylic acids is 1. The first-order valence-corrected chi connectivity index (χ1v) is 10.2. The first kappa shape index (κ1) is 20.9. The zero-order chi connectivity index (χ0) is 21.0. The Morgan fingerprint density at radius 1 is 1.07 bits per heavy atom. The Kier molecular flexibility index (Phi) is 6.57. The Hall–Kier alpha value is -2.82. The second-order valence-electron chi connectivity index (χ2n) is 8.12. The van der Waals surface area contributed by atoms with Crippen LogP contribution in [-0.4, -0.2) is 23.1 Å². The van der Waals surface area contributed by atoms with Gasteiger partial charge in [0.25, 0.3) is 5.91 Å². The molecular formula is C24H29NO4. The number of benzene rings is 2. The largest absolute Gasteiger partial charge is 0.490 e. The summed E-state index contributed by atoms with van der Waals surface area (Å²) in [5.74, 6) is 0.208. The van der Waals surface area contributed by atoms with Gasteiger partial charge in [-0.05, 0) is 75.3 Å². The molecule has 1 fully saturated rings. The van der Waals surface area contributed by atoms with Gasteiger partial charge in [-0.2, -0.15) is 0 Å². The molecule has 0 saturated heterocycles. The molecule has 1 aliphatic carbocycles. The number of carbonyl (C=O) groups excluding carboxylic acids is 1. The van der Waals surface area contributed by atoms with E-state index in [2.05, 4.69) is 12.2 Å². The highest BCUT2D eigenvalue weighted by molar-refractivity contribution is 5.97. The average molecular weight is 395 g/mol. The molecule has 0 heterocycles. The van der Waals surface area contributed by atoms with Crippen molar-refractivity contribution in [3.05, 3.63) is 64.7 Å². The number of hydrogen-bond donors (Lipinski definition) is 2. The van der Waals surface area contributed by atoms with Gasteiger partial charge in [-0.25, -0.2) is 4.79 Å². The fourth-order valence-corrected chi connectivity index (χ4v) is 3.72. The molecule has 1 aliphatic rings. The number of hydrogen-bond acceptors (Lipinski definition) is 3. The molecule has 154 valence electrons. The number of rotatable bonds is 6. The third-order valence-electron chi connectivity index (χ3n) is 5.64. The van der Waals surface area contributed by atoms with Crippen LogP contribution in [0.5, 0.6) is 5.75 Å². The van der Waals surface area contributed by atoms with Gasteiger partial charge in [0.15, 0.2) is 0 Å². The quantitative estimate of drug-likeness (QED) is 0.710. The van der Waals surface area contributed by atoms with Crippen molar-refractivity contribution in [1.29, 1.82) is 0 Å². The van der Waals surface area contributed by atoms with E-state index in [0.717, 1.165) is 42.7 Å². The van der Waals surface area contributed by atoms with Crippen LogP contribution in [-0.2, 0) is 0 Å². The van der Waals surface area contributed by atoms with E-state index in [1.54, 1.807) is 24.3 Å². The lowest BCUT2D eigenvalue weighted by Crippen LogP contribution is -2.29. The van der Waals surface area contributed by atoms with Crippen LogP contribution < -0.4 is 10.1 Å². The molecule has 2 N–H and O–H groups in total. The average Bonchev–Trinajstić information content (AvgIpc) is 2.71. The van der Waals surface area contributed by atoms with E-state index in [1.807, 2.05) is 32.0 Å². The SMILES string of the molecule is Cc1ccc(OC2CCC(C)CC2)c(C(=O)NC(C)c2ccc(C(=O)O)cc2)c1. The van der Waals surface area contributed by atoms with Crippen LogP contribution in [0.15, 0.2) is 42.5 Å². The molecular weight excluding hydrogens is 366 g/mol. The van der Waals surface area contributed by atoms with Gasteiger partial charge < -0.3 is 15.2 Å². The summed E-state index contributed by atoms with van der Waals surface area (Å²) in [7, 11) is 0. The van der Waals surface area contributed by atoms with Crippen molar-refractivity contribution in [1.82, 2.24) is 5.32 Å². The van der Waals surface area contributed by atoms with Crippen molar-refractivity contribution < 1.29 is 19.4 Å². The summed E-state index contributed by atoms with van der Waals surface area (Å²) in [4.78, 5) is 24.0. The smallest absolute Gasteiger partial charge is 0.335 e. The van der Waals surface area contributed by atoms with Crippen LogP contribution in [0.25, 0.3) is 0 Å². The van der Waals surface area contributed by atoms with Crippen molar-refractivity contribution in [3.63, 3.8) is 0 Å². The van der Waals surface area contributed by atoms with Crippen molar-refractivity contribution in [2.45, 2.75) is 58.6 Å². The molecule has 2 aromatic rings. The van der Waals surface area contributed by atoms with E-state index in [1.165, 1.54) is 0 Å². The third kappa shape index (κ3) is 5.37. The highest BCUT2D eigenvalue weighted by Crippen LogP contribution is 2.29. The van der Waals surface area contributed by atoms with E-state index in [0.29, 0.717) is 11.3 Å². The lowest BCUT2D eigenvalue weighted by molar-refractivity contribution is 0.0696. The van der Waals surface area contributed by atoms with Crippen LogP contribution in [0.1, 0.15) is 77.4 Å². The Labute approximate surface area is 172 Å². The topological polar surface area (TPSA) is 75.6 Å². The van der Waals surface area contributed by atoms with Crippen LogP contribution in [0, 0.1) is 12.8 Å². The van der Waals surface area contributed by atoms with Crippen molar-refractivity contribution in [2.75, 3.05) is 0 Å². The number of nitrogens with one attached hydrogen (secondary N) is 1. The molecule has 5 heteroatoms. The summed E-state index contributed by atoms with van der Waals surface area (Å²) in [6.07, 6.45) is 4.50. The number of carbonyl (C=O) groups is 2. The molecule has 1 saturated carbocycles. The van der Waals surface area contributed by atoms with E-state index in [-0.39, 0.29) is 23.6 Å². The van der Waals surface area contributed by atoms with E-state index in [9.17, 15) is 9.59 Å². The maximum Gasteiger partial charge on any atom is 0.335 e. The fourth-order valence-electron chi connectivity index (χ4n) is 3.72. The Morgan fingerprint density at radius 3 is 2.34 bits per heavy atom.